The van der Waals surface area contributed by atoms with Gasteiger partial charge in [-0.05, 0) is 40.9 Å². The van der Waals surface area contributed by atoms with E-state index < -0.39 is 0 Å². The molecule has 0 saturated heterocycles. The predicted octanol–water partition coefficient (Wildman–Crippen LogP) is 1.69. The molecule has 2 N–H and O–H groups in total. The van der Waals surface area contributed by atoms with E-state index in [-0.39, 0.29) is 11.2 Å². The summed E-state index contributed by atoms with van der Waals surface area (Å²) in [6, 6.07) is 3.77. The second kappa shape index (κ2) is 4.02. The molecule has 1 aromatic heterocycles. The van der Waals surface area contributed by atoms with E-state index >= 15 is 0 Å². The first-order valence-electron chi connectivity index (χ1n) is 5.00. The van der Waals surface area contributed by atoms with E-state index in [1.54, 1.807) is 6.20 Å². The van der Waals surface area contributed by atoms with Gasteiger partial charge < -0.3 is 5.73 Å². The van der Waals surface area contributed by atoms with Crippen LogP contribution in [0.25, 0.3) is 0 Å². The molecule has 1 fully saturated rings. The number of carbonyl (C=O) groups is 1. The Labute approximate surface area is 97.2 Å². The topological polar surface area (TPSA) is 56.0 Å². The van der Waals surface area contributed by atoms with E-state index in [0.29, 0.717) is 13.0 Å². The first-order chi connectivity index (χ1) is 7.16. The Morgan fingerprint density at radius 3 is 2.73 bits per heavy atom. The molecular formula is C11H13BrN2O. The van der Waals surface area contributed by atoms with Crippen molar-refractivity contribution >= 4 is 21.7 Å². The third-order valence-corrected chi connectivity index (χ3v) is 3.44. The van der Waals surface area contributed by atoms with Crippen LogP contribution in [0.5, 0.6) is 0 Å². The molecule has 0 spiro atoms. The number of ketones is 1. The van der Waals surface area contributed by atoms with E-state index in [1.165, 1.54) is 0 Å². The Morgan fingerprint density at radius 2 is 2.27 bits per heavy atom. The van der Waals surface area contributed by atoms with Crippen molar-refractivity contribution in [3.63, 3.8) is 0 Å². The fourth-order valence-corrected chi connectivity index (χ4v) is 1.85. The van der Waals surface area contributed by atoms with Crippen LogP contribution in [0.1, 0.15) is 18.5 Å². The van der Waals surface area contributed by atoms with Gasteiger partial charge in [0.25, 0.3) is 0 Å². The predicted molar refractivity (Wildman–Crippen MR) is 61.4 cm³/mol. The van der Waals surface area contributed by atoms with Crippen LogP contribution < -0.4 is 5.73 Å². The van der Waals surface area contributed by atoms with Gasteiger partial charge in [0, 0.05) is 34.7 Å². The highest BCUT2D eigenvalue weighted by atomic mass is 79.9. The third kappa shape index (κ3) is 2.26. The molecule has 0 unspecified atom stereocenters. The summed E-state index contributed by atoms with van der Waals surface area (Å²) in [4.78, 5) is 16.1. The number of aromatic nitrogens is 1. The smallest absolute Gasteiger partial charge is 0.146 e. The molecule has 0 aliphatic heterocycles. The van der Waals surface area contributed by atoms with Crippen LogP contribution in [-0.4, -0.2) is 17.3 Å². The lowest BCUT2D eigenvalue weighted by Crippen LogP contribution is -2.26. The zero-order valence-corrected chi connectivity index (χ0v) is 9.96. The molecular weight excluding hydrogens is 256 g/mol. The summed E-state index contributed by atoms with van der Waals surface area (Å²) < 4.78 is 0.929. The van der Waals surface area contributed by atoms with Crippen molar-refractivity contribution in [3.8, 4) is 0 Å². The quantitative estimate of drug-likeness (QED) is 0.905. The summed E-state index contributed by atoms with van der Waals surface area (Å²) >= 11 is 3.31. The number of pyridine rings is 1. The highest BCUT2D eigenvalue weighted by molar-refractivity contribution is 9.10. The molecule has 2 rings (SSSR count). The van der Waals surface area contributed by atoms with Gasteiger partial charge in [0.2, 0.25) is 0 Å². The molecule has 1 aliphatic carbocycles. The van der Waals surface area contributed by atoms with E-state index in [0.717, 1.165) is 23.0 Å². The normalized spacial score (nSPS) is 17.5. The zero-order chi connectivity index (χ0) is 10.9. The summed E-state index contributed by atoms with van der Waals surface area (Å²) in [5.74, 6) is 0.236. The third-order valence-electron chi connectivity index (χ3n) is 2.97. The van der Waals surface area contributed by atoms with Gasteiger partial charge >= 0.3 is 0 Å². The van der Waals surface area contributed by atoms with Crippen molar-refractivity contribution in [1.82, 2.24) is 4.98 Å². The Balaban J connectivity index is 2.03. The molecule has 1 saturated carbocycles. The molecule has 0 bridgehead atoms. The number of Topliss-reactive ketones (excluding diaryl/α,β-unsaturated/α-hetero) is 1. The average Bonchev–Trinajstić information content (AvgIpc) is 3.02. The molecule has 4 heteroatoms. The number of hydrogen-bond donors (Lipinski definition) is 1. The van der Waals surface area contributed by atoms with Crippen molar-refractivity contribution in [2.24, 2.45) is 11.1 Å². The molecule has 1 aromatic rings. The highest BCUT2D eigenvalue weighted by Gasteiger charge is 2.47. The van der Waals surface area contributed by atoms with Crippen molar-refractivity contribution in [2.75, 3.05) is 6.54 Å². The summed E-state index contributed by atoms with van der Waals surface area (Å²) in [5.41, 5.74) is 6.21. The van der Waals surface area contributed by atoms with Crippen molar-refractivity contribution in [3.05, 3.63) is 28.5 Å². The van der Waals surface area contributed by atoms with Gasteiger partial charge in [-0.1, -0.05) is 0 Å². The lowest BCUT2D eigenvalue weighted by atomic mass is 9.97. The first-order valence-corrected chi connectivity index (χ1v) is 5.79. The van der Waals surface area contributed by atoms with E-state index in [1.807, 2.05) is 12.1 Å². The Kier molecular flexibility index (Phi) is 2.89. The van der Waals surface area contributed by atoms with Crippen molar-refractivity contribution in [2.45, 2.75) is 19.3 Å². The van der Waals surface area contributed by atoms with Gasteiger partial charge in [-0.3, -0.25) is 9.78 Å². The minimum Gasteiger partial charge on any atom is -0.329 e. The monoisotopic (exact) mass is 268 g/mol. The van der Waals surface area contributed by atoms with Crippen LogP contribution in [0.2, 0.25) is 0 Å². The largest absolute Gasteiger partial charge is 0.329 e. The van der Waals surface area contributed by atoms with Gasteiger partial charge in [-0.15, -0.1) is 0 Å². The summed E-state index contributed by atoms with van der Waals surface area (Å²) in [7, 11) is 0. The number of nitrogens with zero attached hydrogens (tertiary/aromatic N) is 1. The van der Waals surface area contributed by atoms with Crippen molar-refractivity contribution < 1.29 is 4.79 Å². The minimum absolute atomic E-state index is 0.214. The second-order valence-corrected chi connectivity index (χ2v) is 4.97. The Bertz CT molecular complexity index is 371. The number of carbonyl (C=O) groups excluding carboxylic acids is 1. The first kappa shape index (κ1) is 10.8. The molecule has 0 radical (unpaired) electrons. The van der Waals surface area contributed by atoms with Crippen LogP contribution in [0.4, 0.5) is 0 Å². The molecule has 1 aliphatic rings. The SMILES string of the molecule is NCC1(C(=O)Cc2ccc(Br)cn2)CC1. The molecule has 0 amide bonds. The van der Waals surface area contributed by atoms with E-state index in [4.69, 9.17) is 5.73 Å². The highest BCUT2D eigenvalue weighted by Crippen LogP contribution is 2.45. The van der Waals surface area contributed by atoms with Crippen LogP contribution in [0.15, 0.2) is 22.8 Å². The summed E-state index contributed by atoms with van der Waals surface area (Å²) in [6.07, 6.45) is 4.01. The number of rotatable bonds is 4. The second-order valence-electron chi connectivity index (χ2n) is 4.05. The summed E-state index contributed by atoms with van der Waals surface area (Å²) in [5, 5.41) is 0. The fourth-order valence-electron chi connectivity index (χ4n) is 1.61. The molecule has 1 heterocycles. The zero-order valence-electron chi connectivity index (χ0n) is 8.37. The van der Waals surface area contributed by atoms with Crippen LogP contribution in [-0.2, 0) is 11.2 Å². The van der Waals surface area contributed by atoms with Crippen LogP contribution in [0, 0.1) is 5.41 Å². The van der Waals surface area contributed by atoms with Crippen molar-refractivity contribution in [1.29, 1.82) is 0 Å². The Morgan fingerprint density at radius 1 is 1.53 bits per heavy atom. The van der Waals surface area contributed by atoms with E-state index in [9.17, 15) is 4.79 Å². The van der Waals surface area contributed by atoms with Gasteiger partial charge in [-0.25, -0.2) is 0 Å². The van der Waals surface area contributed by atoms with Gasteiger partial charge in [0.1, 0.15) is 5.78 Å². The number of halogens is 1. The molecule has 0 atom stereocenters. The Hall–Kier alpha value is -0.740. The maximum Gasteiger partial charge on any atom is 0.146 e. The number of nitrogens with two attached hydrogens (primary N) is 1. The lowest BCUT2D eigenvalue weighted by Gasteiger charge is -2.09. The lowest BCUT2D eigenvalue weighted by molar-refractivity contribution is -0.123. The maximum atomic E-state index is 11.9. The standard InChI is InChI=1S/C11H13BrN2O/c12-8-1-2-9(14-6-8)5-10(15)11(7-13)3-4-11/h1-2,6H,3-5,7,13H2. The fraction of sp³-hybridized carbons (Fsp3) is 0.455. The van der Waals surface area contributed by atoms with Gasteiger partial charge in [-0.2, -0.15) is 0 Å². The van der Waals surface area contributed by atoms with Gasteiger partial charge in [0.15, 0.2) is 0 Å². The minimum atomic E-state index is -0.214. The average molecular weight is 269 g/mol. The van der Waals surface area contributed by atoms with Crippen LogP contribution >= 0.6 is 15.9 Å². The molecule has 80 valence electrons. The molecule has 15 heavy (non-hydrogen) atoms. The van der Waals surface area contributed by atoms with Crippen LogP contribution in [0.3, 0.4) is 0 Å². The summed E-state index contributed by atoms with van der Waals surface area (Å²) in [6.45, 7) is 0.475. The number of hydrogen-bond acceptors (Lipinski definition) is 3. The molecule has 0 aromatic carbocycles. The maximum absolute atomic E-state index is 11.9. The van der Waals surface area contributed by atoms with Gasteiger partial charge in [0.05, 0.1) is 0 Å². The molecule has 3 nitrogen and oxygen atoms in total. The van der Waals surface area contributed by atoms with E-state index in [2.05, 4.69) is 20.9 Å².